The lowest BCUT2D eigenvalue weighted by molar-refractivity contribution is 1.15. The number of aromatic amines is 1. The van der Waals surface area contributed by atoms with E-state index in [1.807, 2.05) is 0 Å². The lowest BCUT2D eigenvalue weighted by Gasteiger charge is -1.94. The van der Waals surface area contributed by atoms with E-state index in [9.17, 15) is 4.79 Å². The summed E-state index contributed by atoms with van der Waals surface area (Å²) in [6.07, 6.45) is 2.39. The van der Waals surface area contributed by atoms with Crippen LogP contribution in [0.4, 0.5) is 0 Å². The van der Waals surface area contributed by atoms with Crippen LogP contribution in [0.25, 0.3) is 10.9 Å². The molecular formula is C8H4ClN2O. The Balaban J connectivity index is 2.98. The molecule has 0 unspecified atom stereocenters. The van der Waals surface area contributed by atoms with Crippen LogP contribution >= 0.6 is 11.6 Å². The highest BCUT2D eigenvalue weighted by Crippen LogP contribution is 2.12. The normalized spacial score (nSPS) is 10.4. The van der Waals surface area contributed by atoms with Crippen LogP contribution in [0.2, 0.25) is 5.02 Å². The third kappa shape index (κ3) is 1.08. The molecule has 0 aliphatic carbocycles. The van der Waals surface area contributed by atoms with E-state index in [2.05, 4.69) is 16.3 Å². The Labute approximate surface area is 73.0 Å². The fraction of sp³-hybridized carbons (Fsp3) is 0. The van der Waals surface area contributed by atoms with Gasteiger partial charge in [0.15, 0.2) is 6.33 Å². The van der Waals surface area contributed by atoms with Crippen LogP contribution in [0.15, 0.2) is 23.0 Å². The molecule has 0 amide bonds. The maximum absolute atomic E-state index is 11.1. The van der Waals surface area contributed by atoms with Gasteiger partial charge in [-0.1, -0.05) is 11.6 Å². The summed E-state index contributed by atoms with van der Waals surface area (Å²) in [6, 6.07) is 5.00. The lowest BCUT2D eigenvalue weighted by atomic mass is 10.2. The molecule has 1 radical (unpaired) electrons. The smallest absolute Gasteiger partial charge is 0.281 e. The Hall–Kier alpha value is -1.35. The van der Waals surface area contributed by atoms with Crippen molar-refractivity contribution in [2.75, 3.05) is 0 Å². The number of hydrogen-bond donors (Lipinski definition) is 1. The van der Waals surface area contributed by atoms with Gasteiger partial charge in [0.25, 0.3) is 5.56 Å². The van der Waals surface area contributed by atoms with Crippen LogP contribution in [0.3, 0.4) is 0 Å². The molecule has 0 bridgehead atoms. The number of rotatable bonds is 0. The highest BCUT2D eigenvalue weighted by atomic mass is 35.5. The van der Waals surface area contributed by atoms with Gasteiger partial charge in [-0.3, -0.25) is 4.79 Å². The van der Waals surface area contributed by atoms with Gasteiger partial charge in [-0.15, -0.1) is 0 Å². The molecule has 0 spiro atoms. The Kier molecular flexibility index (Phi) is 1.59. The van der Waals surface area contributed by atoms with Gasteiger partial charge in [0.1, 0.15) is 0 Å². The average molecular weight is 180 g/mol. The standard InChI is InChI=1S/C8H4ClN2O/c9-5-1-2-7-6(3-5)8(12)11-4-10-7/h1-3H,(H,10,11,12). The van der Waals surface area contributed by atoms with Crippen molar-refractivity contribution >= 4 is 22.5 Å². The molecule has 0 saturated carbocycles. The van der Waals surface area contributed by atoms with Crippen molar-refractivity contribution in [3.63, 3.8) is 0 Å². The molecule has 0 atom stereocenters. The number of hydrogen-bond acceptors (Lipinski definition) is 2. The van der Waals surface area contributed by atoms with Crippen molar-refractivity contribution in [1.29, 1.82) is 0 Å². The van der Waals surface area contributed by atoms with Crippen LogP contribution in [0.1, 0.15) is 0 Å². The highest BCUT2D eigenvalue weighted by Gasteiger charge is 1.98. The van der Waals surface area contributed by atoms with E-state index in [-0.39, 0.29) is 5.56 Å². The number of benzene rings is 1. The summed E-state index contributed by atoms with van der Waals surface area (Å²) >= 11 is 5.70. The topological polar surface area (TPSA) is 45.8 Å². The minimum absolute atomic E-state index is 0.314. The first kappa shape index (κ1) is 7.31. The summed E-state index contributed by atoms with van der Waals surface area (Å²) in [5.41, 5.74) is 0.380. The van der Waals surface area contributed by atoms with Crippen LogP contribution in [0, 0.1) is 6.33 Å². The van der Waals surface area contributed by atoms with Gasteiger partial charge in [0, 0.05) is 5.02 Å². The zero-order chi connectivity index (χ0) is 8.55. The van der Waals surface area contributed by atoms with Gasteiger partial charge in [0.2, 0.25) is 0 Å². The Morgan fingerprint density at radius 3 is 3.17 bits per heavy atom. The zero-order valence-corrected chi connectivity index (χ0v) is 6.72. The monoisotopic (exact) mass is 179 g/mol. The third-order valence-electron chi connectivity index (χ3n) is 1.56. The van der Waals surface area contributed by atoms with E-state index in [1.54, 1.807) is 18.2 Å². The van der Waals surface area contributed by atoms with Crippen molar-refractivity contribution in [2.24, 2.45) is 0 Å². The predicted octanol–water partition coefficient (Wildman–Crippen LogP) is 1.38. The molecule has 0 saturated heterocycles. The minimum atomic E-state index is -0.314. The van der Waals surface area contributed by atoms with Crippen molar-refractivity contribution in [3.05, 3.63) is 39.9 Å². The van der Waals surface area contributed by atoms with Crippen LogP contribution in [-0.4, -0.2) is 9.97 Å². The second kappa shape index (κ2) is 2.60. The molecule has 1 heterocycles. The van der Waals surface area contributed by atoms with E-state index in [4.69, 9.17) is 11.6 Å². The maximum Gasteiger partial charge on any atom is 0.281 e. The SMILES string of the molecule is O=c1n[c][nH]c2ccc(Cl)cc12. The molecule has 0 aliphatic rings. The fourth-order valence-corrected chi connectivity index (χ4v) is 1.17. The first-order valence-electron chi connectivity index (χ1n) is 3.33. The maximum atomic E-state index is 11.1. The predicted molar refractivity (Wildman–Crippen MR) is 46.2 cm³/mol. The quantitative estimate of drug-likeness (QED) is 0.664. The van der Waals surface area contributed by atoms with Crippen molar-refractivity contribution in [1.82, 2.24) is 9.97 Å². The third-order valence-corrected chi connectivity index (χ3v) is 1.80. The summed E-state index contributed by atoms with van der Waals surface area (Å²) in [6.45, 7) is 0. The van der Waals surface area contributed by atoms with Gasteiger partial charge < -0.3 is 4.98 Å². The highest BCUT2D eigenvalue weighted by molar-refractivity contribution is 6.31. The Morgan fingerprint density at radius 2 is 2.33 bits per heavy atom. The largest absolute Gasteiger partial charge is 0.336 e. The molecule has 0 aliphatic heterocycles. The second-order valence-corrected chi connectivity index (χ2v) is 2.78. The fourth-order valence-electron chi connectivity index (χ4n) is 1.00. The molecular weight excluding hydrogens is 176 g/mol. The molecule has 1 aromatic heterocycles. The number of aromatic nitrogens is 2. The van der Waals surface area contributed by atoms with E-state index in [1.165, 1.54) is 0 Å². The van der Waals surface area contributed by atoms with Crippen molar-refractivity contribution in [2.45, 2.75) is 0 Å². The van der Waals surface area contributed by atoms with Crippen molar-refractivity contribution < 1.29 is 0 Å². The zero-order valence-electron chi connectivity index (χ0n) is 5.97. The molecule has 0 fully saturated rings. The molecule has 2 rings (SSSR count). The van der Waals surface area contributed by atoms with E-state index in [0.29, 0.717) is 15.9 Å². The minimum Gasteiger partial charge on any atom is -0.336 e. The number of nitrogens with zero attached hydrogens (tertiary/aromatic N) is 1. The van der Waals surface area contributed by atoms with E-state index >= 15 is 0 Å². The van der Waals surface area contributed by atoms with Crippen LogP contribution in [-0.2, 0) is 0 Å². The molecule has 12 heavy (non-hydrogen) atoms. The van der Waals surface area contributed by atoms with Gasteiger partial charge in [-0.25, -0.2) is 0 Å². The summed E-state index contributed by atoms with van der Waals surface area (Å²) in [5, 5.41) is 1.02. The van der Waals surface area contributed by atoms with Gasteiger partial charge >= 0.3 is 0 Å². The molecule has 1 aromatic carbocycles. The summed E-state index contributed by atoms with van der Waals surface area (Å²) in [5.74, 6) is 0. The van der Waals surface area contributed by atoms with Gasteiger partial charge in [0.05, 0.1) is 10.9 Å². The second-order valence-electron chi connectivity index (χ2n) is 2.34. The number of nitrogens with one attached hydrogen (secondary N) is 1. The van der Waals surface area contributed by atoms with Gasteiger partial charge in [-0.05, 0) is 18.2 Å². The van der Waals surface area contributed by atoms with Crippen LogP contribution < -0.4 is 5.56 Å². The molecule has 59 valence electrons. The number of fused-ring (bicyclic) bond motifs is 1. The Morgan fingerprint density at radius 1 is 1.50 bits per heavy atom. The number of H-pyrrole nitrogens is 1. The van der Waals surface area contributed by atoms with Gasteiger partial charge in [-0.2, -0.15) is 4.98 Å². The molecule has 1 N–H and O–H groups in total. The van der Waals surface area contributed by atoms with E-state index in [0.717, 1.165) is 0 Å². The molecule has 3 nitrogen and oxygen atoms in total. The summed E-state index contributed by atoms with van der Waals surface area (Å²) < 4.78 is 0. The average Bonchev–Trinajstić information content (AvgIpc) is 2.07. The van der Waals surface area contributed by atoms with Crippen molar-refractivity contribution in [3.8, 4) is 0 Å². The first-order valence-corrected chi connectivity index (χ1v) is 3.71. The van der Waals surface area contributed by atoms with Crippen LogP contribution in [0.5, 0.6) is 0 Å². The van der Waals surface area contributed by atoms with E-state index < -0.39 is 0 Å². The lowest BCUT2D eigenvalue weighted by Crippen LogP contribution is -2.06. The summed E-state index contributed by atoms with van der Waals surface area (Å²) in [4.78, 5) is 17.3. The number of halogens is 1. The molecule has 2 aromatic rings. The molecule has 4 heteroatoms. The first-order chi connectivity index (χ1) is 5.77. The Bertz CT molecular complexity index is 478. The summed E-state index contributed by atoms with van der Waals surface area (Å²) in [7, 11) is 0.